The molecule has 2 aromatic rings. The largest absolute Gasteiger partial charge is 0.340 e. The van der Waals surface area contributed by atoms with E-state index in [-0.39, 0.29) is 11.9 Å². The van der Waals surface area contributed by atoms with Crippen molar-refractivity contribution in [3.05, 3.63) is 53.6 Å². The molecule has 1 aliphatic rings. The number of anilines is 2. The van der Waals surface area contributed by atoms with E-state index < -0.39 is 0 Å². The maximum Gasteiger partial charge on any atom is 0.125 e. The minimum Gasteiger partial charge on any atom is -0.340 e. The van der Waals surface area contributed by atoms with E-state index in [4.69, 9.17) is 0 Å². The quantitative estimate of drug-likeness (QED) is 0.930. The highest BCUT2D eigenvalue weighted by Crippen LogP contribution is 2.34. The molecule has 1 aliphatic heterocycles. The van der Waals surface area contributed by atoms with Crippen molar-refractivity contribution in [1.29, 1.82) is 0 Å². The van der Waals surface area contributed by atoms with Gasteiger partial charge in [-0.05, 0) is 49.7 Å². The molecular formula is C17H20FN3. The van der Waals surface area contributed by atoms with Crippen molar-refractivity contribution >= 4 is 11.4 Å². The number of halogens is 1. The molecule has 0 fully saturated rings. The molecule has 1 unspecified atom stereocenters. The molecule has 3 nitrogen and oxygen atoms in total. The van der Waals surface area contributed by atoms with Gasteiger partial charge in [0.2, 0.25) is 0 Å². The van der Waals surface area contributed by atoms with Gasteiger partial charge in [-0.15, -0.1) is 0 Å². The highest BCUT2D eigenvalue weighted by atomic mass is 19.1. The number of aromatic nitrogens is 1. The standard InChI is InChI=1S/C17H20FN3/c1-3-15(19-2)16-7-6-14(11-20-16)21-9-8-12-4-5-13(18)10-17(12)21/h4-7,10-11,15,19H,3,8-9H2,1-2H3. The van der Waals surface area contributed by atoms with Crippen molar-refractivity contribution in [2.24, 2.45) is 0 Å². The van der Waals surface area contributed by atoms with E-state index in [0.29, 0.717) is 0 Å². The zero-order chi connectivity index (χ0) is 14.8. The third-order valence-corrected chi connectivity index (χ3v) is 4.14. The Kier molecular flexibility index (Phi) is 3.88. The van der Waals surface area contributed by atoms with E-state index in [1.165, 1.54) is 11.6 Å². The summed E-state index contributed by atoms with van der Waals surface area (Å²) in [5, 5.41) is 3.25. The van der Waals surface area contributed by atoms with Crippen molar-refractivity contribution in [2.75, 3.05) is 18.5 Å². The monoisotopic (exact) mass is 285 g/mol. The second-order valence-electron chi connectivity index (χ2n) is 5.37. The van der Waals surface area contributed by atoms with E-state index in [9.17, 15) is 4.39 Å². The van der Waals surface area contributed by atoms with Crippen LogP contribution in [0.5, 0.6) is 0 Å². The molecule has 0 saturated heterocycles. The van der Waals surface area contributed by atoms with Gasteiger partial charge >= 0.3 is 0 Å². The van der Waals surface area contributed by atoms with Gasteiger partial charge in [0.25, 0.3) is 0 Å². The molecule has 1 aromatic heterocycles. The lowest BCUT2D eigenvalue weighted by Crippen LogP contribution is -2.18. The van der Waals surface area contributed by atoms with Crippen LogP contribution in [0.15, 0.2) is 36.5 Å². The number of hydrogen-bond donors (Lipinski definition) is 1. The minimum atomic E-state index is -0.188. The number of pyridine rings is 1. The van der Waals surface area contributed by atoms with E-state index in [2.05, 4.69) is 34.3 Å². The average molecular weight is 285 g/mol. The highest BCUT2D eigenvalue weighted by molar-refractivity contribution is 5.69. The van der Waals surface area contributed by atoms with Crippen LogP contribution in [0.1, 0.15) is 30.6 Å². The smallest absolute Gasteiger partial charge is 0.125 e. The number of nitrogens with one attached hydrogen (secondary N) is 1. The summed E-state index contributed by atoms with van der Waals surface area (Å²) in [4.78, 5) is 6.70. The lowest BCUT2D eigenvalue weighted by atomic mass is 10.1. The fourth-order valence-corrected chi connectivity index (χ4v) is 2.94. The van der Waals surface area contributed by atoms with Crippen molar-refractivity contribution < 1.29 is 4.39 Å². The predicted octanol–water partition coefficient (Wildman–Crippen LogP) is 3.59. The predicted molar refractivity (Wildman–Crippen MR) is 83.4 cm³/mol. The summed E-state index contributed by atoms with van der Waals surface area (Å²) in [6.07, 6.45) is 3.83. The van der Waals surface area contributed by atoms with Crippen LogP contribution in [-0.4, -0.2) is 18.6 Å². The molecule has 0 radical (unpaired) electrons. The van der Waals surface area contributed by atoms with Crippen LogP contribution in [0.2, 0.25) is 0 Å². The zero-order valence-electron chi connectivity index (χ0n) is 12.4. The van der Waals surface area contributed by atoms with Gasteiger partial charge in [0.1, 0.15) is 5.82 Å². The van der Waals surface area contributed by atoms with Crippen molar-refractivity contribution in [1.82, 2.24) is 10.3 Å². The molecule has 110 valence electrons. The van der Waals surface area contributed by atoms with Crippen LogP contribution < -0.4 is 10.2 Å². The summed E-state index contributed by atoms with van der Waals surface area (Å²) >= 11 is 0. The van der Waals surface area contributed by atoms with Gasteiger partial charge in [0.15, 0.2) is 0 Å². The molecule has 0 saturated carbocycles. The van der Waals surface area contributed by atoms with Crippen LogP contribution in [0, 0.1) is 5.82 Å². The molecule has 0 bridgehead atoms. The Balaban J connectivity index is 1.88. The van der Waals surface area contributed by atoms with Crippen LogP contribution in [0.3, 0.4) is 0 Å². The fraction of sp³-hybridized carbons (Fsp3) is 0.353. The lowest BCUT2D eigenvalue weighted by molar-refractivity contribution is 0.561. The summed E-state index contributed by atoms with van der Waals surface area (Å²) in [5.74, 6) is -0.188. The van der Waals surface area contributed by atoms with Crippen molar-refractivity contribution in [2.45, 2.75) is 25.8 Å². The van der Waals surface area contributed by atoms with Gasteiger partial charge < -0.3 is 10.2 Å². The van der Waals surface area contributed by atoms with Crippen LogP contribution in [-0.2, 0) is 6.42 Å². The first-order valence-electron chi connectivity index (χ1n) is 7.42. The molecular weight excluding hydrogens is 265 g/mol. The number of nitrogens with zero attached hydrogens (tertiary/aromatic N) is 2. The molecule has 0 amide bonds. The highest BCUT2D eigenvalue weighted by Gasteiger charge is 2.21. The molecule has 1 atom stereocenters. The number of hydrogen-bond acceptors (Lipinski definition) is 3. The molecule has 0 aliphatic carbocycles. The first-order valence-corrected chi connectivity index (χ1v) is 7.42. The van der Waals surface area contributed by atoms with E-state index in [0.717, 1.165) is 36.5 Å². The Bertz CT molecular complexity index is 620. The Morgan fingerprint density at radius 3 is 2.86 bits per heavy atom. The molecule has 1 aromatic carbocycles. The van der Waals surface area contributed by atoms with Crippen LogP contribution in [0.25, 0.3) is 0 Å². The maximum atomic E-state index is 13.5. The molecule has 3 rings (SSSR count). The SMILES string of the molecule is CCC(NC)c1ccc(N2CCc3ccc(F)cc32)cn1. The summed E-state index contributed by atoms with van der Waals surface area (Å²) in [5.41, 5.74) is 4.23. The number of benzene rings is 1. The normalized spacial score (nSPS) is 15.1. The molecule has 1 N–H and O–H groups in total. The van der Waals surface area contributed by atoms with E-state index >= 15 is 0 Å². The average Bonchev–Trinajstić information content (AvgIpc) is 2.92. The molecule has 2 heterocycles. The Morgan fingerprint density at radius 1 is 1.33 bits per heavy atom. The van der Waals surface area contributed by atoms with Crippen molar-refractivity contribution in [3.8, 4) is 0 Å². The topological polar surface area (TPSA) is 28.2 Å². The van der Waals surface area contributed by atoms with E-state index in [1.807, 2.05) is 19.3 Å². The Hall–Kier alpha value is -1.94. The van der Waals surface area contributed by atoms with Crippen LogP contribution in [0.4, 0.5) is 15.8 Å². The first-order chi connectivity index (χ1) is 10.2. The molecule has 0 spiro atoms. The third-order valence-electron chi connectivity index (χ3n) is 4.14. The van der Waals surface area contributed by atoms with Gasteiger partial charge in [-0.1, -0.05) is 13.0 Å². The second kappa shape index (κ2) is 5.82. The zero-order valence-corrected chi connectivity index (χ0v) is 12.4. The Morgan fingerprint density at radius 2 is 2.19 bits per heavy atom. The number of rotatable bonds is 4. The van der Waals surface area contributed by atoms with Gasteiger partial charge in [0, 0.05) is 18.3 Å². The summed E-state index contributed by atoms with van der Waals surface area (Å²) in [7, 11) is 1.95. The van der Waals surface area contributed by atoms with Gasteiger partial charge in [-0.3, -0.25) is 4.98 Å². The van der Waals surface area contributed by atoms with Crippen molar-refractivity contribution in [3.63, 3.8) is 0 Å². The van der Waals surface area contributed by atoms with Gasteiger partial charge in [0.05, 0.1) is 17.6 Å². The summed E-state index contributed by atoms with van der Waals surface area (Å²) < 4.78 is 13.5. The fourth-order valence-electron chi connectivity index (χ4n) is 2.94. The minimum absolute atomic E-state index is 0.188. The van der Waals surface area contributed by atoms with Gasteiger partial charge in [-0.2, -0.15) is 0 Å². The second-order valence-corrected chi connectivity index (χ2v) is 5.37. The van der Waals surface area contributed by atoms with E-state index in [1.54, 1.807) is 6.07 Å². The molecule has 21 heavy (non-hydrogen) atoms. The molecule has 4 heteroatoms. The van der Waals surface area contributed by atoms with Crippen LogP contribution >= 0.6 is 0 Å². The van der Waals surface area contributed by atoms with Gasteiger partial charge in [-0.25, -0.2) is 4.39 Å². The number of fused-ring (bicyclic) bond motifs is 1. The third kappa shape index (κ3) is 2.63. The lowest BCUT2D eigenvalue weighted by Gasteiger charge is -2.20. The summed E-state index contributed by atoms with van der Waals surface area (Å²) in [6.45, 7) is 3.01. The first kappa shape index (κ1) is 14.0. The summed E-state index contributed by atoms with van der Waals surface area (Å²) in [6, 6.07) is 9.42. The maximum absolute atomic E-state index is 13.5. The Labute approximate surface area is 124 Å².